The van der Waals surface area contributed by atoms with E-state index in [1.807, 2.05) is 0 Å². The molecule has 1 aliphatic rings. The third kappa shape index (κ3) is 3.27. The van der Waals surface area contributed by atoms with Crippen molar-refractivity contribution in [3.63, 3.8) is 0 Å². The number of hydrogen-bond acceptors (Lipinski definition) is 4. The molecule has 7 nitrogen and oxygen atoms in total. The molecule has 0 spiro atoms. The highest BCUT2D eigenvalue weighted by molar-refractivity contribution is 5.93. The molecule has 8 heteroatoms. The molecule has 2 aromatic carbocycles. The number of carbonyl (C=O) groups excluding carboxylic acids is 1. The van der Waals surface area contributed by atoms with Crippen molar-refractivity contribution in [2.75, 3.05) is 23.3 Å². The zero-order valence-corrected chi connectivity index (χ0v) is 12.7. The predicted octanol–water partition coefficient (Wildman–Crippen LogP) is 3.40. The minimum Gasteiger partial charge on any atom is -0.353 e. The summed E-state index contributed by atoms with van der Waals surface area (Å²) in [5, 5.41) is 16.3. The van der Waals surface area contributed by atoms with Crippen LogP contribution in [-0.2, 0) is 0 Å². The van der Waals surface area contributed by atoms with Gasteiger partial charge in [-0.15, -0.1) is 0 Å². The number of urea groups is 1. The first-order valence-corrected chi connectivity index (χ1v) is 7.41. The smallest absolute Gasteiger partial charge is 0.321 e. The van der Waals surface area contributed by atoms with Crippen molar-refractivity contribution in [2.24, 2.45) is 0 Å². The average molecular weight is 330 g/mol. The molecule has 24 heavy (non-hydrogen) atoms. The van der Waals surface area contributed by atoms with E-state index in [4.69, 9.17) is 0 Å². The molecule has 1 saturated heterocycles. The van der Waals surface area contributed by atoms with Gasteiger partial charge in [-0.3, -0.25) is 15.0 Å². The third-order valence-corrected chi connectivity index (χ3v) is 3.68. The number of nitro groups is 1. The van der Waals surface area contributed by atoms with E-state index in [0.717, 1.165) is 12.5 Å². The van der Waals surface area contributed by atoms with Crippen molar-refractivity contribution in [3.8, 4) is 0 Å². The summed E-state index contributed by atoms with van der Waals surface area (Å²) in [6.07, 6.45) is 0.848. The van der Waals surface area contributed by atoms with Gasteiger partial charge in [-0.25, -0.2) is 9.18 Å². The number of non-ortho nitro benzene ring substituents is 1. The summed E-state index contributed by atoms with van der Waals surface area (Å²) < 4.78 is 14.0. The van der Waals surface area contributed by atoms with E-state index in [2.05, 4.69) is 10.6 Å². The highest BCUT2D eigenvalue weighted by atomic mass is 19.1. The van der Waals surface area contributed by atoms with Crippen LogP contribution in [0.5, 0.6) is 0 Å². The number of anilines is 3. The molecule has 2 N–H and O–H groups in total. The fourth-order valence-electron chi connectivity index (χ4n) is 2.50. The SMILES string of the molecule is O=C1NCCCN1c1cccc(Nc2ccc([N+](=O)[O-])cc2F)c1. The fourth-order valence-corrected chi connectivity index (χ4v) is 2.50. The molecule has 0 aromatic heterocycles. The number of halogens is 1. The molecule has 124 valence electrons. The minimum absolute atomic E-state index is 0.126. The molecule has 0 radical (unpaired) electrons. The second-order valence-electron chi connectivity index (χ2n) is 5.33. The Hall–Kier alpha value is -3.16. The van der Waals surface area contributed by atoms with Crippen molar-refractivity contribution >= 4 is 28.8 Å². The Morgan fingerprint density at radius 2 is 2.08 bits per heavy atom. The summed E-state index contributed by atoms with van der Waals surface area (Å²) in [6, 6.07) is 10.2. The number of nitro benzene ring substituents is 1. The summed E-state index contributed by atoms with van der Waals surface area (Å²) in [6.45, 7) is 1.27. The first-order valence-electron chi connectivity index (χ1n) is 7.41. The summed E-state index contributed by atoms with van der Waals surface area (Å²) in [5.41, 5.74) is 1.09. The molecule has 0 aliphatic carbocycles. The van der Waals surface area contributed by atoms with E-state index in [-0.39, 0.29) is 17.4 Å². The van der Waals surface area contributed by atoms with Gasteiger partial charge >= 0.3 is 6.03 Å². The molecule has 0 atom stereocenters. The zero-order chi connectivity index (χ0) is 17.1. The topological polar surface area (TPSA) is 87.5 Å². The molecular formula is C16H15FN4O3. The molecule has 0 unspecified atom stereocenters. The quantitative estimate of drug-likeness (QED) is 0.664. The Morgan fingerprint density at radius 1 is 1.25 bits per heavy atom. The van der Waals surface area contributed by atoms with Gasteiger partial charge in [-0.2, -0.15) is 0 Å². The molecule has 1 aliphatic heterocycles. The van der Waals surface area contributed by atoms with Gasteiger partial charge in [-0.1, -0.05) is 6.07 Å². The number of carbonyl (C=O) groups is 1. The maximum Gasteiger partial charge on any atom is 0.321 e. The van der Waals surface area contributed by atoms with Crippen LogP contribution in [0.15, 0.2) is 42.5 Å². The predicted molar refractivity (Wildman–Crippen MR) is 88.1 cm³/mol. The van der Waals surface area contributed by atoms with E-state index in [1.54, 1.807) is 29.2 Å². The Labute approximate surface area is 137 Å². The summed E-state index contributed by atoms with van der Waals surface area (Å²) >= 11 is 0. The Balaban J connectivity index is 1.82. The Bertz CT molecular complexity index is 797. The number of nitrogens with zero attached hydrogens (tertiary/aromatic N) is 2. The van der Waals surface area contributed by atoms with Crippen molar-refractivity contribution in [3.05, 3.63) is 58.4 Å². The highest BCUT2D eigenvalue weighted by Gasteiger charge is 2.19. The van der Waals surface area contributed by atoms with Gasteiger partial charge in [-0.05, 0) is 30.7 Å². The Kier molecular flexibility index (Phi) is 4.28. The minimum atomic E-state index is -0.717. The second kappa shape index (κ2) is 6.53. The number of hydrogen-bond donors (Lipinski definition) is 2. The van der Waals surface area contributed by atoms with Crippen LogP contribution in [0.3, 0.4) is 0 Å². The van der Waals surface area contributed by atoms with E-state index >= 15 is 0 Å². The number of benzene rings is 2. The first kappa shape index (κ1) is 15.7. The van der Waals surface area contributed by atoms with Crippen LogP contribution >= 0.6 is 0 Å². The van der Waals surface area contributed by atoms with Crippen LogP contribution in [0, 0.1) is 15.9 Å². The van der Waals surface area contributed by atoms with Gasteiger partial charge in [0.05, 0.1) is 16.7 Å². The van der Waals surface area contributed by atoms with Crippen molar-refractivity contribution < 1.29 is 14.1 Å². The van der Waals surface area contributed by atoms with Crippen LogP contribution in [-0.4, -0.2) is 24.0 Å². The van der Waals surface area contributed by atoms with E-state index in [1.165, 1.54) is 12.1 Å². The molecule has 0 saturated carbocycles. The molecule has 3 rings (SSSR count). The van der Waals surface area contributed by atoms with Gasteiger partial charge < -0.3 is 10.6 Å². The molecule has 2 aromatic rings. The van der Waals surface area contributed by atoms with Crippen molar-refractivity contribution in [1.82, 2.24) is 5.32 Å². The Morgan fingerprint density at radius 3 is 2.79 bits per heavy atom. The van der Waals surface area contributed by atoms with Crippen LogP contribution in [0.1, 0.15) is 6.42 Å². The highest BCUT2D eigenvalue weighted by Crippen LogP contribution is 2.27. The van der Waals surface area contributed by atoms with Crippen LogP contribution < -0.4 is 15.5 Å². The van der Waals surface area contributed by atoms with Crippen LogP contribution in [0.4, 0.5) is 31.9 Å². The monoisotopic (exact) mass is 330 g/mol. The molecule has 1 fully saturated rings. The van der Waals surface area contributed by atoms with E-state index < -0.39 is 10.7 Å². The lowest BCUT2D eigenvalue weighted by Crippen LogP contribution is -2.46. The van der Waals surface area contributed by atoms with E-state index in [9.17, 15) is 19.3 Å². The summed E-state index contributed by atoms with van der Waals surface area (Å²) in [5.74, 6) is -0.717. The summed E-state index contributed by atoms with van der Waals surface area (Å²) in [4.78, 5) is 23.5. The number of amides is 2. The van der Waals surface area contributed by atoms with Gasteiger partial charge in [0.1, 0.15) is 0 Å². The average Bonchev–Trinajstić information content (AvgIpc) is 2.57. The summed E-state index contributed by atoms with van der Waals surface area (Å²) in [7, 11) is 0. The largest absolute Gasteiger partial charge is 0.353 e. The lowest BCUT2D eigenvalue weighted by Gasteiger charge is -2.27. The maximum absolute atomic E-state index is 14.0. The van der Waals surface area contributed by atoms with Crippen molar-refractivity contribution in [2.45, 2.75) is 6.42 Å². The number of nitrogens with one attached hydrogen (secondary N) is 2. The van der Waals surface area contributed by atoms with Gasteiger partial charge in [0, 0.05) is 30.5 Å². The maximum atomic E-state index is 14.0. The fraction of sp³-hybridized carbons (Fsp3) is 0.188. The van der Waals surface area contributed by atoms with Gasteiger partial charge in [0.25, 0.3) is 5.69 Å². The van der Waals surface area contributed by atoms with Crippen molar-refractivity contribution in [1.29, 1.82) is 0 Å². The van der Waals surface area contributed by atoms with Crippen LogP contribution in [0.25, 0.3) is 0 Å². The lowest BCUT2D eigenvalue weighted by atomic mass is 10.2. The van der Waals surface area contributed by atoms with Gasteiger partial charge in [0.15, 0.2) is 5.82 Å². The molecule has 1 heterocycles. The third-order valence-electron chi connectivity index (χ3n) is 3.68. The lowest BCUT2D eigenvalue weighted by molar-refractivity contribution is -0.385. The molecule has 0 bridgehead atoms. The van der Waals surface area contributed by atoms with Crippen LogP contribution in [0.2, 0.25) is 0 Å². The molecular weight excluding hydrogens is 315 g/mol. The molecule has 2 amide bonds. The van der Waals surface area contributed by atoms with Gasteiger partial charge in [0.2, 0.25) is 0 Å². The normalized spacial score (nSPS) is 14.2. The number of rotatable bonds is 4. The van der Waals surface area contributed by atoms with E-state index in [0.29, 0.717) is 24.5 Å². The zero-order valence-electron chi connectivity index (χ0n) is 12.7. The first-order chi connectivity index (χ1) is 11.5. The standard InChI is InChI=1S/C16H15FN4O3/c17-14-10-13(21(23)24)5-6-15(14)19-11-3-1-4-12(9-11)20-8-2-7-18-16(20)22/h1,3-6,9-10,19H,2,7-8H2,(H,18,22). The second-order valence-corrected chi connectivity index (χ2v) is 5.33.